The summed E-state index contributed by atoms with van der Waals surface area (Å²) in [5.74, 6) is -0.126. The Hall–Kier alpha value is -2.57. The highest BCUT2D eigenvalue weighted by Gasteiger charge is 2.35. The number of nitrogens with zero attached hydrogens (tertiary/aromatic N) is 5. The summed E-state index contributed by atoms with van der Waals surface area (Å²) < 4.78 is 30.0. The van der Waals surface area contributed by atoms with Crippen LogP contribution in [-0.2, 0) is 0 Å². The predicted octanol–water partition coefficient (Wildman–Crippen LogP) is 2.61. The van der Waals surface area contributed by atoms with E-state index in [1.165, 1.54) is 10.9 Å². The summed E-state index contributed by atoms with van der Waals surface area (Å²) >= 11 is 0. The highest BCUT2D eigenvalue weighted by Crippen LogP contribution is 2.39. The molecule has 1 aliphatic heterocycles. The largest absolute Gasteiger partial charge is 0.270 e. The number of alkyl halides is 1. The molecule has 4 rings (SSSR count). The lowest BCUT2D eigenvalue weighted by Gasteiger charge is -2.11. The maximum Gasteiger partial charge on any atom is 0.254 e. The molecule has 2 atom stereocenters. The van der Waals surface area contributed by atoms with E-state index in [0.29, 0.717) is 6.42 Å². The highest BCUT2D eigenvalue weighted by molar-refractivity contribution is 5.25. The maximum atomic E-state index is 14.2. The Morgan fingerprint density at radius 2 is 2.00 bits per heavy atom. The first-order chi connectivity index (χ1) is 10.2. The van der Waals surface area contributed by atoms with Gasteiger partial charge in [-0.2, -0.15) is 9.37 Å². The molecule has 21 heavy (non-hydrogen) atoms. The van der Waals surface area contributed by atoms with E-state index >= 15 is 0 Å². The fraction of sp³-hybridized carbons (Fsp3) is 0.214. The molecule has 0 aliphatic carbocycles. The number of benzene rings is 1. The van der Waals surface area contributed by atoms with Crippen LogP contribution in [-0.4, -0.2) is 24.3 Å². The van der Waals surface area contributed by atoms with Crippen molar-refractivity contribution in [3.8, 4) is 5.95 Å². The molecule has 3 heterocycles. The zero-order valence-electron chi connectivity index (χ0n) is 10.9. The first-order valence-electron chi connectivity index (χ1n) is 6.57. The van der Waals surface area contributed by atoms with Crippen LogP contribution < -0.4 is 0 Å². The second-order valence-corrected chi connectivity index (χ2v) is 4.95. The Labute approximate surface area is 118 Å². The van der Waals surface area contributed by atoms with Gasteiger partial charge in [-0.3, -0.25) is 4.57 Å². The van der Waals surface area contributed by atoms with Crippen LogP contribution in [0.4, 0.5) is 8.78 Å². The molecule has 0 spiro atoms. The van der Waals surface area contributed by atoms with Gasteiger partial charge in [-0.05, 0) is 5.56 Å². The van der Waals surface area contributed by atoms with Crippen molar-refractivity contribution >= 4 is 0 Å². The molecule has 0 amide bonds. The van der Waals surface area contributed by atoms with Gasteiger partial charge >= 0.3 is 0 Å². The Kier molecular flexibility index (Phi) is 2.60. The van der Waals surface area contributed by atoms with Crippen LogP contribution in [0.15, 0.2) is 42.9 Å². The van der Waals surface area contributed by atoms with Crippen molar-refractivity contribution in [3.63, 3.8) is 0 Å². The lowest BCUT2D eigenvalue weighted by atomic mass is 10.0. The third-order valence-corrected chi connectivity index (χ3v) is 3.62. The maximum absolute atomic E-state index is 14.2. The van der Waals surface area contributed by atoms with Gasteiger partial charge in [-0.15, -0.1) is 5.10 Å². The molecule has 3 aromatic rings. The molecule has 1 aliphatic rings. The number of halogens is 2. The second-order valence-electron chi connectivity index (χ2n) is 4.95. The van der Waals surface area contributed by atoms with Crippen LogP contribution in [0.5, 0.6) is 0 Å². The minimum absolute atomic E-state index is 0.189. The van der Waals surface area contributed by atoms with E-state index in [2.05, 4.69) is 15.1 Å². The van der Waals surface area contributed by atoms with Gasteiger partial charge < -0.3 is 0 Å². The lowest BCUT2D eigenvalue weighted by molar-refractivity contribution is 0.328. The van der Waals surface area contributed by atoms with Gasteiger partial charge in [0, 0.05) is 6.42 Å². The fourth-order valence-corrected chi connectivity index (χ4v) is 2.64. The minimum atomic E-state index is -1.18. The number of hydrogen-bond acceptors (Lipinski definition) is 3. The molecule has 0 unspecified atom stereocenters. The number of rotatable bonds is 2. The molecule has 0 fully saturated rings. The number of imidazole rings is 1. The van der Waals surface area contributed by atoms with E-state index in [9.17, 15) is 8.78 Å². The third kappa shape index (κ3) is 1.93. The average Bonchev–Trinajstić information content (AvgIpc) is 3.17. The van der Waals surface area contributed by atoms with Crippen molar-refractivity contribution in [2.75, 3.05) is 0 Å². The zero-order chi connectivity index (χ0) is 14.4. The van der Waals surface area contributed by atoms with Gasteiger partial charge in [0.25, 0.3) is 5.95 Å². The van der Waals surface area contributed by atoms with Crippen LogP contribution in [0.1, 0.15) is 30.0 Å². The Morgan fingerprint density at radius 1 is 1.19 bits per heavy atom. The van der Waals surface area contributed by atoms with Crippen molar-refractivity contribution in [3.05, 3.63) is 60.2 Å². The minimum Gasteiger partial charge on any atom is -0.270 e. The topological polar surface area (TPSA) is 48.5 Å². The Bertz CT molecular complexity index is 780. The van der Waals surface area contributed by atoms with Crippen LogP contribution in [0.25, 0.3) is 5.95 Å². The van der Waals surface area contributed by atoms with Gasteiger partial charge in [0.05, 0.1) is 12.2 Å². The summed E-state index contributed by atoms with van der Waals surface area (Å²) in [5.41, 5.74) is 0.979. The summed E-state index contributed by atoms with van der Waals surface area (Å²) in [6.45, 7) is 0. The lowest BCUT2D eigenvalue weighted by Crippen LogP contribution is -2.08. The number of aromatic nitrogens is 5. The molecule has 0 N–H and O–H groups in total. The first kappa shape index (κ1) is 12.2. The summed E-state index contributed by atoms with van der Waals surface area (Å²) in [6.07, 6.45) is 1.57. The molecule has 0 saturated heterocycles. The van der Waals surface area contributed by atoms with E-state index in [1.807, 2.05) is 30.3 Å². The monoisotopic (exact) mass is 287 g/mol. The van der Waals surface area contributed by atoms with Gasteiger partial charge in [-0.25, -0.2) is 14.1 Å². The van der Waals surface area contributed by atoms with E-state index in [1.54, 1.807) is 4.68 Å². The third-order valence-electron chi connectivity index (χ3n) is 3.62. The summed E-state index contributed by atoms with van der Waals surface area (Å²) in [7, 11) is 0. The Morgan fingerprint density at radius 3 is 2.71 bits per heavy atom. The van der Waals surface area contributed by atoms with E-state index in [-0.39, 0.29) is 17.8 Å². The van der Waals surface area contributed by atoms with Crippen molar-refractivity contribution < 1.29 is 8.78 Å². The van der Waals surface area contributed by atoms with Crippen LogP contribution in [0, 0.1) is 5.95 Å². The van der Waals surface area contributed by atoms with Crippen LogP contribution in [0.2, 0.25) is 0 Å². The van der Waals surface area contributed by atoms with Crippen molar-refractivity contribution in [2.24, 2.45) is 0 Å². The van der Waals surface area contributed by atoms with Crippen molar-refractivity contribution in [2.45, 2.75) is 18.6 Å². The van der Waals surface area contributed by atoms with E-state index in [4.69, 9.17) is 0 Å². The standard InChI is InChI=1S/C14H11F2N5/c15-10-6-11(9-4-2-1-3-5-9)21-13(10)18-14(19-21)20-7-12(16)17-8-20/h1-5,7-8,10-11H,6H2/t10-,11-/m0/s1. The molecular formula is C14H11F2N5. The van der Waals surface area contributed by atoms with Gasteiger partial charge in [0.15, 0.2) is 12.0 Å². The van der Waals surface area contributed by atoms with Crippen molar-refractivity contribution in [1.29, 1.82) is 0 Å². The van der Waals surface area contributed by atoms with Gasteiger partial charge in [0.1, 0.15) is 6.33 Å². The van der Waals surface area contributed by atoms with E-state index < -0.39 is 12.1 Å². The average molecular weight is 287 g/mol. The normalized spacial score (nSPS) is 20.7. The summed E-state index contributed by atoms with van der Waals surface area (Å²) in [6, 6.07) is 9.40. The fourth-order valence-electron chi connectivity index (χ4n) is 2.64. The molecule has 106 valence electrons. The second kappa shape index (κ2) is 4.47. The predicted molar refractivity (Wildman–Crippen MR) is 70.1 cm³/mol. The van der Waals surface area contributed by atoms with Gasteiger partial charge in [0.2, 0.25) is 5.95 Å². The highest BCUT2D eigenvalue weighted by atomic mass is 19.1. The molecule has 1 aromatic carbocycles. The summed E-state index contributed by atoms with van der Waals surface area (Å²) in [4.78, 5) is 7.65. The molecule has 0 saturated carbocycles. The zero-order valence-corrected chi connectivity index (χ0v) is 10.9. The molecule has 2 aromatic heterocycles. The molecule has 7 heteroatoms. The van der Waals surface area contributed by atoms with Crippen LogP contribution >= 0.6 is 0 Å². The smallest absolute Gasteiger partial charge is 0.254 e. The quantitative estimate of drug-likeness (QED) is 0.728. The first-order valence-corrected chi connectivity index (χ1v) is 6.57. The molecule has 0 radical (unpaired) electrons. The molecule has 0 bridgehead atoms. The summed E-state index contributed by atoms with van der Waals surface area (Å²) in [5, 5.41) is 4.30. The van der Waals surface area contributed by atoms with Crippen molar-refractivity contribution in [1.82, 2.24) is 24.3 Å². The van der Waals surface area contributed by atoms with E-state index in [0.717, 1.165) is 11.8 Å². The number of fused-ring (bicyclic) bond motifs is 1. The van der Waals surface area contributed by atoms with Gasteiger partial charge in [-0.1, -0.05) is 30.3 Å². The number of hydrogen-bond donors (Lipinski definition) is 0. The molecular weight excluding hydrogens is 276 g/mol. The molecule has 5 nitrogen and oxygen atoms in total. The SMILES string of the molecule is Fc1cn(-c2nc3n(n2)[C@H](c2ccccc2)C[C@@H]3F)cn1. The Balaban J connectivity index is 1.77. The van der Waals surface area contributed by atoms with Crippen LogP contribution in [0.3, 0.4) is 0 Å².